The van der Waals surface area contributed by atoms with Crippen LogP contribution in [0.25, 0.3) is 0 Å². The summed E-state index contributed by atoms with van der Waals surface area (Å²) in [7, 11) is 1.62. The Morgan fingerprint density at radius 3 is 2.44 bits per heavy atom. The van der Waals surface area contributed by atoms with E-state index in [4.69, 9.17) is 4.74 Å². The van der Waals surface area contributed by atoms with Gasteiger partial charge in [0, 0.05) is 32.7 Å². The lowest BCUT2D eigenvalue weighted by Crippen LogP contribution is -2.39. The van der Waals surface area contributed by atoms with Crippen molar-refractivity contribution in [3.05, 3.63) is 0 Å². The Hall–Kier alpha value is -0.610. The summed E-state index contributed by atoms with van der Waals surface area (Å²) in [6, 6.07) is 0.402. The predicted octanol–water partition coefficient (Wildman–Crippen LogP) is 1.16. The maximum Gasteiger partial charge on any atom is 0.221 e. The molecule has 0 aromatic rings. The highest BCUT2D eigenvalue weighted by Crippen LogP contribution is 2.18. The molecule has 0 aromatic heterocycles. The summed E-state index contributed by atoms with van der Waals surface area (Å²) in [5.41, 5.74) is 0.229. The zero-order chi connectivity index (χ0) is 12.6. The first kappa shape index (κ1) is 15.4. The molecular weight excluding hydrogens is 204 g/mol. The van der Waals surface area contributed by atoms with Gasteiger partial charge in [-0.1, -0.05) is 20.8 Å². The summed E-state index contributed by atoms with van der Waals surface area (Å²) in [6.45, 7) is 10.6. The van der Waals surface area contributed by atoms with Crippen molar-refractivity contribution in [2.45, 2.75) is 40.2 Å². The molecule has 0 aromatic carbocycles. The van der Waals surface area contributed by atoms with Crippen molar-refractivity contribution >= 4 is 5.91 Å². The summed E-state index contributed by atoms with van der Waals surface area (Å²) >= 11 is 0. The molecule has 1 atom stereocenters. The standard InChI is InChI=1S/C12H26N2O2/c1-10(12(2,3)4)13-7-6-11(15)14-8-9-16-5/h10,13H,6-9H2,1-5H3,(H,14,15). The highest BCUT2D eigenvalue weighted by atomic mass is 16.5. The van der Waals surface area contributed by atoms with Crippen LogP contribution in [0.3, 0.4) is 0 Å². The third-order valence-corrected chi connectivity index (χ3v) is 2.73. The van der Waals surface area contributed by atoms with Gasteiger partial charge in [0.05, 0.1) is 6.61 Å². The third kappa shape index (κ3) is 7.65. The van der Waals surface area contributed by atoms with E-state index in [2.05, 4.69) is 38.3 Å². The van der Waals surface area contributed by atoms with Crippen molar-refractivity contribution in [3.8, 4) is 0 Å². The van der Waals surface area contributed by atoms with E-state index in [1.165, 1.54) is 0 Å². The number of carbonyl (C=O) groups is 1. The highest BCUT2D eigenvalue weighted by molar-refractivity contribution is 5.76. The number of hydrogen-bond acceptors (Lipinski definition) is 3. The van der Waals surface area contributed by atoms with Crippen LogP contribution in [0.2, 0.25) is 0 Å². The zero-order valence-corrected chi connectivity index (χ0v) is 11.2. The molecule has 0 rings (SSSR count). The molecule has 0 bridgehead atoms. The van der Waals surface area contributed by atoms with Gasteiger partial charge in [-0.15, -0.1) is 0 Å². The molecule has 2 N–H and O–H groups in total. The average molecular weight is 230 g/mol. The molecule has 0 fully saturated rings. The normalized spacial score (nSPS) is 13.6. The molecule has 0 saturated carbocycles. The fourth-order valence-electron chi connectivity index (χ4n) is 1.09. The molecule has 96 valence electrons. The second-order valence-electron chi connectivity index (χ2n) is 5.13. The number of amides is 1. The lowest BCUT2D eigenvalue weighted by Gasteiger charge is -2.28. The fraction of sp³-hybridized carbons (Fsp3) is 0.917. The van der Waals surface area contributed by atoms with Gasteiger partial charge in [0.1, 0.15) is 0 Å². The number of hydrogen-bond donors (Lipinski definition) is 2. The first-order valence-electron chi connectivity index (χ1n) is 5.87. The molecule has 4 heteroatoms. The molecule has 0 aliphatic heterocycles. The largest absolute Gasteiger partial charge is 0.383 e. The van der Waals surface area contributed by atoms with Crippen LogP contribution >= 0.6 is 0 Å². The topological polar surface area (TPSA) is 50.4 Å². The summed E-state index contributed by atoms with van der Waals surface area (Å²) < 4.78 is 4.85. The van der Waals surface area contributed by atoms with Gasteiger partial charge in [-0.25, -0.2) is 0 Å². The van der Waals surface area contributed by atoms with E-state index in [1.807, 2.05) is 0 Å². The molecular formula is C12H26N2O2. The first-order chi connectivity index (χ1) is 7.38. The van der Waals surface area contributed by atoms with E-state index in [0.717, 1.165) is 6.54 Å². The van der Waals surface area contributed by atoms with Gasteiger partial charge in [0.2, 0.25) is 5.91 Å². The summed E-state index contributed by atoms with van der Waals surface area (Å²) in [5, 5.41) is 6.14. The van der Waals surface area contributed by atoms with Gasteiger partial charge in [0.15, 0.2) is 0 Å². The summed E-state index contributed by atoms with van der Waals surface area (Å²) in [4.78, 5) is 11.3. The predicted molar refractivity (Wildman–Crippen MR) is 66.4 cm³/mol. The Bertz CT molecular complexity index is 200. The highest BCUT2D eigenvalue weighted by Gasteiger charge is 2.18. The maximum atomic E-state index is 11.3. The second-order valence-corrected chi connectivity index (χ2v) is 5.13. The quantitative estimate of drug-likeness (QED) is 0.645. The number of methoxy groups -OCH3 is 1. The fourth-order valence-corrected chi connectivity index (χ4v) is 1.09. The lowest BCUT2D eigenvalue weighted by molar-refractivity contribution is -0.121. The second kappa shape index (κ2) is 7.63. The Morgan fingerprint density at radius 2 is 1.94 bits per heavy atom. The molecule has 16 heavy (non-hydrogen) atoms. The summed E-state index contributed by atoms with van der Waals surface area (Å²) in [5.74, 6) is 0.0747. The van der Waals surface area contributed by atoms with Crippen molar-refractivity contribution in [2.24, 2.45) is 5.41 Å². The summed E-state index contributed by atoms with van der Waals surface area (Å²) in [6.07, 6.45) is 0.518. The SMILES string of the molecule is COCCNC(=O)CCNC(C)C(C)(C)C. The Labute approximate surface area is 99.1 Å². The van der Waals surface area contributed by atoms with Gasteiger partial charge in [0.25, 0.3) is 0 Å². The van der Waals surface area contributed by atoms with Crippen LogP contribution in [0.1, 0.15) is 34.1 Å². The van der Waals surface area contributed by atoms with Gasteiger partial charge >= 0.3 is 0 Å². The maximum absolute atomic E-state index is 11.3. The minimum absolute atomic E-state index is 0.0747. The van der Waals surface area contributed by atoms with Gasteiger partial charge in [-0.05, 0) is 12.3 Å². The van der Waals surface area contributed by atoms with Crippen molar-refractivity contribution in [1.29, 1.82) is 0 Å². The monoisotopic (exact) mass is 230 g/mol. The number of carbonyl (C=O) groups excluding carboxylic acids is 1. The Morgan fingerprint density at radius 1 is 1.31 bits per heavy atom. The number of nitrogens with one attached hydrogen (secondary N) is 2. The van der Waals surface area contributed by atoms with Crippen LogP contribution in [0, 0.1) is 5.41 Å². The molecule has 0 aliphatic carbocycles. The molecule has 4 nitrogen and oxygen atoms in total. The molecule has 0 aliphatic rings. The van der Waals surface area contributed by atoms with E-state index in [0.29, 0.717) is 25.6 Å². The van der Waals surface area contributed by atoms with Gasteiger partial charge < -0.3 is 15.4 Å². The van der Waals surface area contributed by atoms with Crippen molar-refractivity contribution < 1.29 is 9.53 Å². The minimum atomic E-state index is 0.0747. The van der Waals surface area contributed by atoms with Gasteiger partial charge in [-0.2, -0.15) is 0 Å². The molecule has 0 saturated heterocycles. The molecule has 0 spiro atoms. The number of rotatable bonds is 7. The van der Waals surface area contributed by atoms with E-state index in [-0.39, 0.29) is 11.3 Å². The van der Waals surface area contributed by atoms with E-state index in [1.54, 1.807) is 7.11 Å². The van der Waals surface area contributed by atoms with Crippen LogP contribution < -0.4 is 10.6 Å². The third-order valence-electron chi connectivity index (χ3n) is 2.73. The van der Waals surface area contributed by atoms with E-state index >= 15 is 0 Å². The molecule has 0 heterocycles. The smallest absolute Gasteiger partial charge is 0.221 e. The first-order valence-corrected chi connectivity index (χ1v) is 5.87. The van der Waals surface area contributed by atoms with Crippen LogP contribution in [0.4, 0.5) is 0 Å². The van der Waals surface area contributed by atoms with E-state index in [9.17, 15) is 4.79 Å². The molecule has 1 amide bonds. The number of ether oxygens (including phenoxy) is 1. The van der Waals surface area contributed by atoms with Crippen LogP contribution in [-0.4, -0.2) is 38.8 Å². The van der Waals surface area contributed by atoms with Crippen molar-refractivity contribution in [1.82, 2.24) is 10.6 Å². The Balaban J connectivity index is 3.54. The van der Waals surface area contributed by atoms with Crippen LogP contribution in [0.15, 0.2) is 0 Å². The van der Waals surface area contributed by atoms with Crippen LogP contribution in [-0.2, 0) is 9.53 Å². The average Bonchev–Trinajstić information content (AvgIpc) is 2.16. The minimum Gasteiger partial charge on any atom is -0.383 e. The van der Waals surface area contributed by atoms with E-state index < -0.39 is 0 Å². The zero-order valence-electron chi connectivity index (χ0n) is 11.2. The van der Waals surface area contributed by atoms with Crippen molar-refractivity contribution in [2.75, 3.05) is 26.8 Å². The molecule has 1 unspecified atom stereocenters. The Kier molecular flexibility index (Phi) is 7.34. The van der Waals surface area contributed by atoms with Crippen molar-refractivity contribution in [3.63, 3.8) is 0 Å². The molecule has 0 radical (unpaired) electrons. The van der Waals surface area contributed by atoms with Gasteiger partial charge in [-0.3, -0.25) is 4.79 Å². The lowest BCUT2D eigenvalue weighted by atomic mass is 9.88. The van der Waals surface area contributed by atoms with Crippen LogP contribution in [0.5, 0.6) is 0 Å².